The van der Waals surface area contributed by atoms with Gasteiger partial charge in [-0.05, 0) is 53.4 Å². The van der Waals surface area contributed by atoms with Crippen LogP contribution in [0.25, 0.3) is 10.9 Å². The van der Waals surface area contributed by atoms with E-state index in [0.29, 0.717) is 25.3 Å². The Balaban J connectivity index is 1.37. The van der Waals surface area contributed by atoms with Gasteiger partial charge in [-0.3, -0.25) is 14.6 Å². The lowest BCUT2D eigenvalue weighted by atomic mass is 9.89. The van der Waals surface area contributed by atoms with Crippen molar-refractivity contribution >= 4 is 22.8 Å². The van der Waals surface area contributed by atoms with Gasteiger partial charge in [0.15, 0.2) is 0 Å². The Bertz CT molecular complexity index is 1490. The molecule has 3 aromatic carbocycles. The largest absolute Gasteiger partial charge is 0.497 e. The average Bonchev–Trinajstić information content (AvgIpc) is 3.44. The number of ether oxygens (including phenoxy) is 2. The van der Waals surface area contributed by atoms with Gasteiger partial charge in [0.1, 0.15) is 30.2 Å². The van der Waals surface area contributed by atoms with Gasteiger partial charge in [-0.2, -0.15) is 0 Å². The number of rotatable bonds is 8. The number of aromatic amines is 1. The van der Waals surface area contributed by atoms with Crippen molar-refractivity contribution in [2.24, 2.45) is 0 Å². The Hall–Kier alpha value is -4.26. The van der Waals surface area contributed by atoms with E-state index in [9.17, 15) is 9.59 Å². The summed E-state index contributed by atoms with van der Waals surface area (Å²) in [6, 6.07) is 22.6. The summed E-state index contributed by atoms with van der Waals surface area (Å²) in [5, 5.41) is 1.10. The number of carbonyl (C=O) groups is 2. The summed E-state index contributed by atoms with van der Waals surface area (Å²) in [5.41, 5.74) is 5.02. The topological polar surface area (TPSA) is 74.9 Å². The second-order valence-corrected chi connectivity index (χ2v) is 9.93. The highest BCUT2D eigenvalue weighted by molar-refractivity contribution is 6.05. The molecule has 194 valence electrons. The molecule has 6 rings (SSSR count). The van der Waals surface area contributed by atoms with E-state index < -0.39 is 12.1 Å². The van der Waals surface area contributed by atoms with E-state index >= 15 is 0 Å². The van der Waals surface area contributed by atoms with Crippen molar-refractivity contribution in [1.29, 1.82) is 0 Å². The van der Waals surface area contributed by atoms with E-state index in [2.05, 4.69) is 18.0 Å². The Kier molecular flexibility index (Phi) is 6.27. The first-order chi connectivity index (χ1) is 18.6. The van der Waals surface area contributed by atoms with Crippen LogP contribution in [0.1, 0.15) is 48.2 Å². The standard InChI is InChI=1S/C31H31N3O4/c1-3-4-16-33-30(35)27-18-25-24-10-5-6-11-26(24)32-28(25)29(34(27)31(33)36)21-8-7-9-23(17-21)38-19-20-12-14-22(37-2)15-13-20/h5-15,17,27,29,32H,3-4,16,18-19H2,1-2H3/t27-,29+/m0/s1. The maximum Gasteiger partial charge on any atom is 0.328 e. The van der Waals surface area contributed by atoms with Gasteiger partial charge in [-0.1, -0.05) is 55.8 Å². The van der Waals surface area contributed by atoms with Gasteiger partial charge in [0.2, 0.25) is 0 Å². The summed E-state index contributed by atoms with van der Waals surface area (Å²) in [4.78, 5) is 34.0. The van der Waals surface area contributed by atoms with E-state index in [1.807, 2.05) is 66.7 Å². The van der Waals surface area contributed by atoms with Gasteiger partial charge >= 0.3 is 6.03 Å². The van der Waals surface area contributed by atoms with Crippen LogP contribution in [-0.4, -0.2) is 46.4 Å². The highest BCUT2D eigenvalue weighted by Gasteiger charge is 2.52. The summed E-state index contributed by atoms with van der Waals surface area (Å²) in [6.45, 7) is 2.92. The number of benzene rings is 3. The third-order valence-electron chi connectivity index (χ3n) is 7.61. The van der Waals surface area contributed by atoms with Gasteiger partial charge in [0.25, 0.3) is 5.91 Å². The number of carbonyl (C=O) groups excluding carboxylic acids is 2. The third-order valence-corrected chi connectivity index (χ3v) is 7.61. The number of amides is 3. The van der Waals surface area contributed by atoms with Crippen LogP contribution in [0, 0.1) is 0 Å². The molecule has 2 atom stereocenters. The fraction of sp³-hybridized carbons (Fsp3) is 0.290. The van der Waals surface area contributed by atoms with E-state index in [-0.39, 0.29) is 11.9 Å². The molecule has 3 heterocycles. The maximum absolute atomic E-state index is 13.7. The predicted molar refractivity (Wildman–Crippen MR) is 145 cm³/mol. The minimum absolute atomic E-state index is 0.101. The number of hydrogen-bond donors (Lipinski definition) is 1. The molecule has 1 fully saturated rings. The molecular formula is C31H31N3O4. The molecule has 3 amide bonds. The summed E-state index contributed by atoms with van der Waals surface area (Å²) in [6.07, 6.45) is 2.23. The molecule has 38 heavy (non-hydrogen) atoms. The van der Waals surface area contributed by atoms with Crippen LogP contribution < -0.4 is 9.47 Å². The van der Waals surface area contributed by atoms with Crippen LogP contribution in [0.3, 0.4) is 0 Å². The number of unbranched alkanes of at least 4 members (excludes halogenated alkanes) is 1. The molecule has 0 spiro atoms. The Morgan fingerprint density at radius 2 is 1.79 bits per heavy atom. The van der Waals surface area contributed by atoms with E-state index in [1.54, 1.807) is 12.0 Å². The molecule has 0 saturated carbocycles. The van der Waals surface area contributed by atoms with Crippen LogP contribution in [0.5, 0.6) is 11.5 Å². The number of nitrogens with one attached hydrogen (secondary N) is 1. The number of urea groups is 1. The van der Waals surface area contributed by atoms with Gasteiger partial charge in [0.05, 0.1) is 7.11 Å². The normalized spacial score (nSPS) is 18.6. The van der Waals surface area contributed by atoms with Crippen molar-refractivity contribution < 1.29 is 19.1 Å². The van der Waals surface area contributed by atoms with Crippen molar-refractivity contribution in [3.8, 4) is 11.5 Å². The number of fused-ring (bicyclic) bond motifs is 4. The molecule has 0 bridgehead atoms. The molecule has 1 N–H and O–H groups in total. The number of para-hydroxylation sites is 1. The first-order valence-corrected chi connectivity index (χ1v) is 13.2. The highest BCUT2D eigenvalue weighted by atomic mass is 16.5. The van der Waals surface area contributed by atoms with Gasteiger partial charge < -0.3 is 14.5 Å². The van der Waals surface area contributed by atoms with Crippen molar-refractivity contribution in [3.05, 3.63) is 95.2 Å². The predicted octanol–water partition coefficient (Wildman–Crippen LogP) is 5.83. The Morgan fingerprint density at radius 1 is 0.974 bits per heavy atom. The quantitative estimate of drug-likeness (QED) is 0.303. The van der Waals surface area contributed by atoms with Crippen molar-refractivity contribution in [2.75, 3.05) is 13.7 Å². The summed E-state index contributed by atoms with van der Waals surface area (Å²) < 4.78 is 11.4. The van der Waals surface area contributed by atoms with Gasteiger partial charge in [-0.15, -0.1) is 0 Å². The molecule has 4 aromatic rings. The number of methoxy groups -OCH3 is 1. The van der Waals surface area contributed by atoms with E-state index in [0.717, 1.165) is 51.9 Å². The van der Waals surface area contributed by atoms with Crippen LogP contribution in [-0.2, 0) is 17.8 Å². The fourth-order valence-electron chi connectivity index (χ4n) is 5.66. The fourth-order valence-corrected chi connectivity index (χ4v) is 5.66. The molecule has 0 radical (unpaired) electrons. The smallest absolute Gasteiger partial charge is 0.328 e. The second-order valence-electron chi connectivity index (χ2n) is 9.93. The van der Waals surface area contributed by atoms with E-state index in [4.69, 9.17) is 9.47 Å². The SMILES string of the molecule is CCCCN1C(=O)[C@@H]2Cc3c([nH]c4ccccc34)[C@@H](c3cccc(OCc4ccc(OC)cc4)c3)N2C1=O. The summed E-state index contributed by atoms with van der Waals surface area (Å²) in [7, 11) is 1.65. The zero-order valence-electron chi connectivity index (χ0n) is 21.6. The molecule has 2 aliphatic heterocycles. The number of hydrogen-bond acceptors (Lipinski definition) is 4. The van der Waals surface area contributed by atoms with Crippen LogP contribution in [0.2, 0.25) is 0 Å². The first-order valence-electron chi connectivity index (χ1n) is 13.2. The number of imide groups is 1. The summed E-state index contributed by atoms with van der Waals surface area (Å²) >= 11 is 0. The van der Waals surface area contributed by atoms with E-state index in [1.165, 1.54) is 4.90 Å². The average molecular weight is 510 g/mol. The minimum Gasteiger partial charge on any atom is -0.497 e. The zero-order valence-corrected chi connectivity index (χ0v) is 21.6. The van der Waals surface area contributed by atoms with Crippen molar-refractivity contribution in [2.45, 2.75) is 44.9 Å². The second kappa shape index (κ2) is 9.89. The maximum atomic E-state index is 13.7. The summed E-state index contributed by atoms with van der Waals surface area (Å²) in [5.74, 6) is 1.41. The molecule has 0 unspecified atom stereocenters. The molecule has 1 saturated heterocycles. The zero-order chi connectivity index (χ0) is 26.2. The number of H-pyrrole nitrogens is 1. The molecular weight excluding hydrogens is 478 g/mol. The molecule has 7 nitrogen and oxygen atoms in total. The number of aromatic nitrogens is 1. The molecule has 2 aliphatic rings. The molecule has 0 aliphatic carbocycles. The molecule has 7 heteroatoms. The first kappa shape index (κ1) is 24.1. The molecule has 1 aromatic heterocycles. The minimum atomic E-state index is -0.514. The van der Waals surface area contributed by atoms with Crippen LogP contribution in [0.4, 0.5) is 4.79 Å². The highest BCUT2D eigenvalue weighted by Crippen LogP contribution is 2.44. The monoisotopic (exact) mass is 509 g/mol. The van der Waals surface area contributed by atoms with Crippen molar-refractivity contribution in [3.63, 3.8) is 0 Å². The van der Waals surface area contributed by atoms with Crippen molar-refractivity contribution in [1.82, 2.24) is 14.8 Å². The lowest BCUT2D eigenvalue weighted by Gasteiger charge is -2.36. The lowest BCUT2D eigenvalue weighted by Crippen LogP contribution is -2.44. The Morgan fingerprint density at radius 3 is 2.58 bits per heavy atom. The lowest BCUT2D eigenvalue weighted by molar-refractivity contribution is -0.128. The van der Waals surface area contributed by atoms with Gasteiger partial charge in [-0.25, -0.2) is 4.79 Å². The Labute approximate surface area is 222 Å². The number of nitrogens with zero attached hydrogens (tertiary/aromatic N) is 2. The van der Waals surface area contributed by atoms with Crippen LogP contribution >= 0.6 is 0 Å². The van der Waals surface area contributed by atoms with Gasteiger partial charge in [0, 0.05) is 29.6 Å². The third kappa shape index (κ3) is 4.08. The van der Waals surface area contributed by atoms with Crippen LogP contribution in [0.15, 0.2) is 72.8 Å².